The van der Waals surface area contributed by atoms with Gasteiger partial charge < -0.3 is 29.6 Å². The quantitative estimate of drug-likeness (QED) is 0.468. The first-order valence-electron chi connectivity index (χ1n) is 12.7. The monoisotopic (exact) mass is 506 g/mol. The van der Waals surface area contributed by atoms with E-state index in [2.05, 4.69) is 40.3 Å². The molecule has 0 saturated carbocycles. The lowest BCUT2D eigenvalue weighted by molar-refractivity contribution is 0.122. The molecule has 0 unspecified atom stereocenters. The Bertz CT molecular complexity index is 1150. The highest BCUT2D eigenvalue weighted by atomic mass is 32.1. The van der Waals surface area contributed by atoms with Crippen LogP contribution in [0.25, 0.3) is 11.3 Å². The van der Waals surface area contributed by atoms with Crippen LogP contribution in [0.2, 0.25) is 0 Å². The number of furan rings is 1. The second kappa shape index (κ2) is 11.3. The zero-order valence-corrected chi connectivity index (χ0v) is 21.8. The molecule has 3 aromatic rings. The number of nitrogens with one attached hydrogen (secondary N) is 2. The van der Waals surface area contributed by atoms with Crippen molar-refractivity contribution in [3.63, 3.8) is 0 Å². The fourth-order valence-electron chi connectivity index (χ4n) is 4.99. The van der Waals surface area contributed by atoms with Gasteiger partial charge in [-0.25, -0.2) is 0 Å². The van der Waals surface area contributed by atoms with Crippen LogP contribution in [-0.2, 0) is 11.3 Å². The van der Waals surface area contributed by atoms with E-state index >= 15 is 0 Å². The fourth-order valence-corrected chi connectivity index (χ4v) is 5.15. The molecule has 190 valence electrons. The van der Waals surface area contributed by atoms with Crippen LogP contribution in [-0.4, -0.2) is 54.5 Å². The summed E-state index contributed by atoms with van der Waals surface area (Å²) in [4.78, 5) is 14.3. The van der Waals surface area contributed by atoms with Crippen LogP contribution in [0.4, 0.5) is 17.6 Å². The Kier molecular flexibility index (Phi) is 7.67. The summed E-state index contributed by atoms with van der Waals surface area (Å²) in [5.74, 6) is 5.24. The van der Waals surface area contributed by atoms with Crippen molar-refractivity contribution in [1.82, 2.24) is 15.3 Å². The SMILES string of the molecule is C[C@@H]1C[C@@H](C)CN(c2cc(N3CCOCC3)nc(NC(=S)NCc3ccc(-c4ccccc4)o3)n2)C1. The van der Waals surface area contributed by atoms with E-state index < -0.39 is 0 Å². The number of hydrogen-bond acceptors (Lipinski definition) is 7. The molecule has 5 rings (SSSR count). The number of nitrogens with zero attached hydrogens (tertiary/aromatic N) is 4. The molecule has 0 spiro atoms. The van der Waals surface area contributed by atoms with Gasteiger partial charge in [-0.15, -0.1) is 0 Å². The van der Waals surface area contributed by atoms with Gasteiger partial charge in [-0.3, -0.25) is 0 Å². The maximum absolute atomic E-state index is 5.98. The number of rotatable bonds is 6. The third-order valence-electron chi connectivity index (χ3n) is 6.60. The number of hydrogen-bond donors (Lipinski definition) is 2. The maximum Gasteiger partial charge on any atom is 0.232 e. The number of aromatic nitrogens is 2. The van der Waals surface area contributed by atoms with Gasteiger partial charge in [0.1, 0.15) is 23.2 Å². The summed E-state index contributed by atoms with van der Waals surface area (Å²) in [5.41, 5.74) is 1.05. The van der Waals surface area contributed by atoms with Crippen molar-refractivity contribution in [3.8, 4) is 11.3 Å². The Morgan fingerprint density at radius 2 is 1.67 bits per heavy atom. The summed E-state index contributed by atoms with van der Waals surface area (Å²) >= 11 is 5.58. The minimum absolute atomic E-state index is 0.457. The number of benzene rings is 1. The third kappa shape index (κ3) is 6.14. The van der Waals surface area contributed by atoms with Gasteiger partial charge in [0.05, 0.1) is 19.8 Å². The number of ether oxygens (including phenoxy) is 1. The first kappa shape index (κ1) is 24.5. The largest absolute Gasteiger partial charge is 0.459 e. The highest BCUT2D eigenvalue weighted by Crippen LogP contribution is 2.28. The van der Waals surface area contributed by atoms with Crippen LogP contribution in [0.3, 0.4) is 0 Å². The maximum atomic E-state index is 5.98. The highest BCUT2D eigenvalue weighted by Gasteiger charge is 2.25. The smallest absolute Gasteiger partial charge is 0.232 e. The highest BCUT2D eigenvalue weighted by molar-refractivity contribution is 7.80. The van der Waals surface area contributed by atoms with Crippen LogP contribution < -0.4 is 20.4 Å². The van der Waals surface area contributed by atoms with Gasteiger partial charge in [0.25, 0.3) is 0 Å². The van der Waals surface area contributed by atoms with Gasteiger partial charge >= 0.3 is 0 Å². The molecule has 0 radical (unpaired) electrons. The minimum atomic E-state index is 0.457. The van der Waals surface area contributed by atoms with Gasteiger partial charge in [-0.05, 0) is 42.6 Å². The van der Waals surface area contributed by atoms with Crippen LogP contribution >= 0.6 is 12.2 Å². The van der Waals surface area contributed by atoms with Crippen molar-refractivity contribution in [1.29, 1.82) is 0 Å². The van der Waals surface area contributed by atoms with Crippen molar-refractivity contribution in [2.75, 3.05) is 54.5 Å². The third-order valence-corrected chi connectivity index (χ3v) is 6.84. The molecule has 4 heterocycles. The average molecular weight is 507 g/mol. The van der Waals surface area contributed by atoms with Crippen molar-refractivity contribution in [2.45, 2.75) is 26.8 Å². The summed E-state index contributed by atoms with van der Waals surface area (Å²) < 4.78 is 11.5. The second-order valence-electron chi connectivity index (χ2n) is 9.80. The molecule has 1 aromatic carbocycles. The molecule has 2 aliphatic rings. The summed E-state index contributed by atoms with van der Waals surface area (Å²) in [6.07, 6.45) is 1.25. The van der Waals surface area contributed by atoms with Crippen molar-refractivity contribution in [3.05, 3.63) is 54.3 Å². The molecule has 36 heavy (non-hydrogen) atoms. The van der Waals surface area contributed by atoms with E-state index in [-0.39, 0.29) is 0 Å². The Hall–Kier alpha value is -3.17. The van der Waals surface area contributed by atoms with Gasteiger partial charge in [0.2, 0.25) is 5.95 Å². The van der Waals surface area contributed by atoms with E-state index in [4.69, 9.17) is 31.3 Å². The van der Waals surface area contributed by atoms with Crippen molar-refractivity contribution < 1.29 is 9.15 Å². The molecule has 2 atom stereocenters. The van der Waals surface area contributed by atoms with E-state index in [1.54, 1.807) is 0 Å². The van der Waals surface area contributed by atoms with E-state index in [0.29, 0.717) is 42.7 Å². The van der Waals surface area contributed by atoms with E-state index in [9.17, 15) is 0 Å². The number of anilines is 3. The lowest BCUT2D eigenvalue weighted by atomic mass is 9.92. The predicted molar refractivity (Wildman–Crippen MR) is 147 cm³/mol. The minimum Gasteiger partial charge on any atom is -0.459 e. The topological polar surface area (TPSA) is 78.7 Å². The summed E-state index contributed by atoms with van der Waals surface area (Å²) in [6, 6.07) is 16.1. The van der Waals surface area contributed by atoms with Crippen LogP contribution in [0, 0.1) is 11.8 Å². The molecule has 8 nitrogen and oxygen atoms in total. The Morgan fingerprint density at radius 1 is 0.972 bits per heavy atom. The summed E-state index contributed by atoms with van der Waals surface area (Å²) in [5, 5.41) is 6.88. The molecular weight excluding hydrogens is 472 g/mol. The van der Waals surface area contributed by atoms with Gasteiger partial charge in [-0.2, -0.15) is 9.97 Å². The molecular formula is C27H34N6O2S. The van der Waals surface area contributed by atoms with Crippen LogP contribution in [0.5, 0.6) is 0 Å². The molecule has 2 saturated heterocycles. The summed E-state index contributed by atoms with van der Waals surface area (Å²) in [6.45, 7) is 10.1. The molecule has 2 N–H and O–H groups in total. The lowest BCUT2D eigenvalue weighted by Crippen LogP contribution is -2.40. The van der Waals surface area contributed by atoms with Gasteiger partial charge in [-0.1, -0.05) is 44.2 Å². The Labute approximate surface area is 218 Å². The molecule has 0 bridgehead atoms. The van der Waals surface area contributed by atoms with Crippen LogP contribution in [0.15, 0.2) is 52.9 Å². The Balaban J connectivity index is 1.28. The molecule has 9 heteroatoms. The standard InChI is InChI=1S/C27H34N6O2S/c1-19-14-20(2)18-33(17-19)25-15-24(32-10-12-34-13-11-32)29-26(30-25)31-27(36)28-16-22-8-9-23(35-22)21-6-4-3-5-7-21/h3-9,15,19-20H,10-14,16-18H2,1-2H3,(H2,28,29,30,31,36)/t19-,20-/m1/s1. The van der Waals surface area contributed by atoms with Crippen LogP contribution in [0.1, 0.15) is 26.0 Å². The van der Waals surface area contributed by atoms with Crippen molar-refractivity contribution in [2.24, 2.45) is 11.8 Å². The Morgan fingerprint density at radius 3 is 2.39 bits per heavy atom. The van der Waals surface area contributed by atoms with Gasteiger partial charge in [0, 0.05) is 37.8 Å². The van der Waals surface area contributed by atoms with Crippen molar-refractivity contribution >= 4 is 34.9 Å². The zero-order chi connectivity index (χ0) is 24.9. The normalized spacial score (nSPS) is 20.3. The zero-order valence-electron chi connectivity index (χ0n) is 20.9. The molecule has 2 fully saturated rings. The van der Waals surface area contributed by atoms with E-state index in [1.165, 1.54) is 6.42 Å². The second-order valence-corrected chi connectivity index (χ2v) is 10.2. The average Bonchev–Trinajstić information content (AvgIpc) is 3.37. The fraction of sp³-hybridized carbons (Fsp3) is 0.444. The van der Waals surface area contributed by atoms with E-state index in [0.717, 1.165) is 54.9 Å². The number of thiocarbonyl (C=S) groups is 1. The molecule has 2 aromatic heterocycles. The predicted octanol–water partition coefficient (Wildman–Crippen LogP) is 4.54. The van der Waals surface area contributed by atoms with Gasteiger partial charge in [0.15, 0.2) is 5.11 Å². The summed E-state index contributed by atoms with van der Waals surface area (Å²) in [7, 11) is 0. The molecule has 0 amide bonds. The number of piperidine rings is 1. The molecule has 0 aliphatic carbocycles. The molecule has 2 aliphatic heterocycles. The number of morpholine rings is 1. The van der Waals surface area contributed by atoms with E-state index in [1.807, 2.05) is 42.5 Å². The first-order valence-corrected chi connectivity index (χ1v) is 13.1. The lowest BCUT2D eigenvalue weighted by Gasteiger charge is -2.36. The first-order chi connectivity index (χ1) is 17.5.